The highest BCUT2D eigenvalue weighted by atomic mass is 16.4. The van der Waals surface area contributed by atoms with Crippen LogP contribution in [-0.4, -0.2) is 81.8 Å². The van der Waals surface area contributed by atoms with Gasteiger partial charge in [0.15, 0.2) is 0 Å². The molecule has 12 nitrogen and oxygen atoms in total. The van der Waals surface area contributed by atoms with Crippen molar-refractivity contribution >= 4 is 30.3 Å². The second-order valence-electron chi connectivity index (χ2n) is 3.98. The number of rotatable bonds is 4. The summed E-state index contributed by atoms with van der Waals surface area (Å²) in [7, 11) is 0. The number of carboxylic acid groups (broad SMARTS) is 4. The minimum absolute atomic E-state index is 0.597. The van der Waals surface area contributed by atoms with E-state index < -0.39 is 23.9 Å². The van der Waals surface area contributed by atoms with Gasteiger partial charge in [0.25, 0.3) is 23.9 Å². The van der Waals surface area contributed by atoms with Crippen LogP contribution in [0.5, 0.6) is 0 Å². The van der Waals surface area contributed by atoms with Gasteiger partial charge in [0, 0.05) is 53.9 Å². The van der Waals surface area contributed by atoms with E-state index in [1.54, 1.807) is 4.90 Å². The van der Waals surface area contributed by atoms with Gasteiger partial charge >= 0.3 is 0 Å². The summed E-state index contributed by atoms with van der Waals surface area (Å²) in [6, 6.07) is 0. The minimum Gasteiger partial charge on any atom is -0.481 e. The van der Waals surface area contributed by atoms with Crippen LogP contribution in [0.4, 0.5) is 0 Å². The first-order valence-electron chi connectivity index (χ1n) is 7.57. The highest BCUT2D eigenvalue weighted by Crippen LogP contribution is 1.75. The molecule has 0 aliphatic heterocycles. The number of carbonyl (C=O) groups excluding carboxylic acids is 1. The van der Waals surface area contributed by atoms with Crippen molar-refractivity contribution in [2.75, 3.05) is 26.2 Å². The van der Waals surface area contributed by atoms with E-state index in [4.69, 9.17) is 51.1 Å². The van der Waals surface area contributed by atoms with Gasteiger partial charge in [-0.1, -0.05) is 0 Å². The summed E-state index contributed by atoms with van der Waals surface area (Å²) in [6.45, 7) is 11.1. The SMILES string of the molecule is CC(=O)O.CC(=O)O.CC(=O)O.CC(=O)O.CCN(C=O)CC.NCCN. The van der Waals surface area contributed by atoms with Gasteiger partial charge in [-0.15, -0.1) is 0 Å². The van der Waals surface area contributed by atoms with Crippen LogP contribution in [0.2, 0.25) is 0 Å². The van der Waals surface area contributed by atoms with E-state index in [-0.39, 0.29) is 0 Å². The fourth-order valence-corrected chi connectivity index (χ4v) is 0.373. The molecule has 0 atom stereocenters. The van der Waals surface area contributed by atoms with Crippen LogP contribution in [0.25, 0.3) is 0 Å². The molecule has 0 heterocycles. The summed E-state index contributed by atoms with van der Waals surface area (Å²) in [5, 5.41) is 29.7. The molecule has 1 amide bonds. The Morgan fingerprint density at radius 2 is 0.852 bits per heavy atom. The van der Waals surface area contributed by atoms with Gasteiger partial charge < -0.3 is 36.8 Å². The van der Waals surface area contributed by atoms with Gasteiger partial charge in [-0.25, -0.2) is 0 Å². The number of hydrogen-bond donors (Lipinski definition) is 6. The molecule has 0 spiro atoms. The lowest BCUT2D eigenvalue weighted by Gasteiger charge is -2.08. The Hall–Kier alpha value is -2.73. The topological polar surface area (TPSA) is 222 Å². The van der Waals surface area contributed by atoms with Crippen LogP contribution in [-0.2, 0) is 24.0 Å². The smallest absolute Gasteiger partial charge is 0.300 e. The number of nitrogens with zero attached hydrogens (tertiary/aromatic N) is 1. The molecule has 8 N–H and O–H groups in total. The normalized spacial score (nSPS) is 6.96. The van der Waals surface area contributed by atoms with Gasteiger partial charge in [-0.3, -0.25) is 24.0 Å². The molecule has 0 unspecified atom stereocenters. The fraction of sp³-hybridized carbons (Fsp3) is 0.667. The van der Waals surface area contributed by atoms with E-state index in [0.717, 1.165) is 47.2 Å². The highest BCUT2D eigenvalue weighted by molar-refractivity contribution is 5.63. The summed E-state index contributed by atoms with van der Waals surface area (Å²) >= 11 is 0. The second kappa shape index (κ2) is 38.7. The number of nitrogens with two attached hydrogens (primary N) is 2. The van der Waals surface area contributed by atoms with Crippen molar-refractivity contribution in [3.63, 3.8) is 0 Å². The van der Waals surface area contributed by atoms with Crippen molar-refractivity contribution in [3.8, 4) is 0 Å². The second-order valence-corrected chi connectivity index (χ2v) is 3.98. The average Bonchev–Trinajstić information content (AvgIpc) is 2.47. The van der Waals surface area contributed by atoms with Gasteiger partial charge in [0.05, 0.1) is 0 Å². The molecule has 0 aromatic heterocycles. The molecular formula is C15H35N3O9. The summed E-state index contributed by atoms with van der Waals surface area (Å²) in [5.74, 6) is -3.33. The summed E-state index contributed by atoms with van der Waals surface area (Å²) < 4.78 is 0. The zero-order valence-electron chi connectivity index (χ0n) is 16.8. The molecule has 0 aliphatic carbocycles. The van der Waals surface area contributed by atoms with Gasteiger partial charge in [-0.2, -0.15) is 0 Å². The van der Waals surface area contributed by atoms with Crippen LogP contribution >= 0.6 is 0 Å². The zero-order chi connectivity index (χ0) is 23.4. The van der Waals surface area contributed by atoms with E-state index in [2.05, 4.69) is 0 Å². The Labute approximate surface area is 159 Å². The first-order chi connectivity index (χ1) is 12.2. The molecular weight excluding hydrogens is 366 g/mol. The maximum absolute atomic E-state index is 9.89. The minimum atomic E-state index is -0.833. The van der Waals surface area contributed by atoms with E-state index in [1.165, 1.54) is 0 Å². The highest BCUT2D eigenvalue weighted by Gasteiger charge is 1.87. The van der Waals surface area contributed by atoms with Crippen LogP contribution in [0.15, 0.2) is 0 Å². The zero-order valence-corrected chi connectivity index (χ0v) is 16.8. The van der Waals surface area contributed by atoms with Crippen LogP contribution in [0.1, 0.15) is 41.5 Å². The number of hydrogen-bond acceptors (Lipinski definition) is 7. The van der Waals surface area contributed by atoms with Crippen molar-refractivity contribution < 1.29 is 44.4 Å². The van der Waals surface area contributed by atoms with Gasteiger partial charge in [0.1, 0.15) is 0 Å². The Balaban J connectivity index is -0.0000000500. The molecule has 27 heavy (non-hydrogen) atoms. The van der Waals surface area contributed by atoms with Crippen molar-refractivity contribution in [1.29, 1.82) is 0 Å². The van der Waals surface area contributed by atoms with E-state index in [1.807, 2.05) is 13.8 Å². The Morgan fingerprint density at radius 1 is 0.704 bits per heavy atom. The van der Waals surface area contributed by atoms with Gasteiger partial charge in [0.2, 0.25) is 6.41 Å². The van der Waals surface area contributed by atoms with Crippen molar-refractivity contribution in [1.82, 2.24) is 4.90 Å². The third kappa shape index (κ3) is 577. The number of carbonyl (C=O) groups is 5. The largest absolute Gasteiger partial charge is 0.481 e. The lowest BCUT2D eigenvalue weighted by atomic mass is 10.6. The lowest BCUT2D eigenvalue weighted by Crippen LogP contribution is -2.19. The lowest BCUT2D eigenvalue weighted by molar-refractivity contribution is -0.135. The van der Waals surface area contributed by atoms with Crippen molar-refractivity contribution in [2.24, 2.45) is 11.5 Å². The predicted octanol–water partition coefficient (Wildman–Crippen LogP) is -0.248. The number of carboxylic acids is 4. The molecule has 0 radical (unpaired) electrons. The van der Waals surface area contributed by atoms with E-state index >= 15 is 0 Å². The quantitative estimate of drug-likeness (QED) is 0.337. The molecule has 0 aliphatic rings. The third-order valence-electron chi connectivity index (χ3n) is 1.13. The van der Waals surface area contributed by atoms with Crippen LogP contribution in [0, 0.1) is 0 Å². The molecule has 12 heteroatoms. The standard InChI is InChI=1S/C5H11NO.C2H8N2.4C2H4O2/c1-3-6(4-2)5-7;3-1-2-4;4*1-2(3)4/h5H,3-4H2,1-2H3;1-4H2;4*1H3,(H,3,4). The molecule has 0 aromatic carbocycles. The Kier molecular flexibility index (Phi) is 56.4. The van der Waals surface area contributed by atoms with Gasteiger partial charge in [-0.05, 0) is 13.8 Å². The van der Waals surface area contributed by atoms with E-state index in [0.29, 0.717) is 13.1 Å². The summed E-state index contributed by atoms with van der Waals surface area (Å²) in [5.41, 5.74) is 9.81. The first-order valence-corrected chi connectivity index (χ1v) is 7.57. The first kappa shape index (κ1) is 39.4. The molecule has 0 saturated carbocycles. The monoisotopic (exact) mass is 401 g/mol. The Bertz CT molecular complexity index is 294. The molecule has 164 valence electrons. The average molecular weight is 401 g/mol. The molecule has 0 fully saturated rings. The third-order valence-corrected chi connectivity index (χ3v) is 1.13. The summed E-state index contributed by atoms with van der Waals surface area (Å²) in [4.78, 5) is 47.6. The molecule has 0 saturated heterocycles. The van der Waals surface area contributed by atoms with E-state index in [9.17, 15) is 4.79 Å². The van der Waals surface area contributed by atoms with Crippen LogP contribution < -0.4 is 11.5 Å². The fourth-order valence-electron chi connectivity index (χ4n) is 0.373. The van der Waals surface area contributed by atoms with Crippen molar-refractivity contribution in [3.05, 3.63) is 0 Å². The molecule has 0 aromatic rings. The molecule has 0 bridgehead atoms. The number of aliphatic carboxylic acids is 4. The predicted molar refractivity (Wildman–Crippen MR) is 100 cm³/mol. The van der Waals surface area contributed by atoms with Crippen LogP contribution in [0.3, 0.4) is 0 Å². The number of amides is 1. The maximum atomic E-state index is 9.89. The maximum Gasteiger partial charge on any atom is 0.300 e. The Morgan fingerprint density at radius 3 is 0.852 bits per heavy atom. The summed E-state index contributed by atoms with van der Waals surface area (Å²) in [6.07, 6.45) is 0.861. The van der Waals surface area contributed by atoms with Crippen molar-refractivity contribution in [2.45, 2.75) is 41.5 Å². The molecule has 0 rings (SSSR count).